The standard InChI is InChI=1S/C10H15NO/c1-9(2)6-4-5-10(9,3)8(12)7(6)11/h6,11H,4-5H2,1-3H3/t6-,10+/m1/s1. The van der Waals surface area contributed by atoms with Crippen molar-refractivity contribution in [3.63, 3.8) is 0 Å². The average molecular weight is 165 g/mol. The normalized spacial score (nSPS) is 44.1. The molecule has 0 spiro atoms. The Morgan fingerprint density at radius 3 is 2.25 bits per heavy atom. The first kappa shape index (κ1) is 7.96. The molecular formula is C10H15NO. The van der Waals surface area contributed by atoms with Crippen molar-refractivity contribution >= 4 is 11.5 Å². The van der Waals surface area contributed by atoms with Crippen LogP contribution in [0.1, 0.15) is 33.6 Å². The van der Waals surface area contributed by atoms with Crippen LogP contribution in [0.4, 0.5) is 0 Å². The molecule has 0 aliphatic heterocycles. The monoisotopic (exact) mass is 165 g/mol. The SMILES string of the molecule is CC1(C)[C@@H]2CC[C@@]1(C)C(=O)C2=N. The number of carbonyl (C=O) groups is 1. The molecule has 0 aromatic carbocycles. The minimum Gasteiger partial charge on any atom is -0.301 e. The van der Waals surface area contributed by atoms with Crippen LogP contribution >= 0.6 is 0 Å². The first-order valence-corrected chi connectivity index (χ1v) is 4.54. The van der Waals surface area contributed by atoms with E-state index >= 15 is 0 Å². The smallest absolute Gasteiger partial charge is 0.183 e. The molecule has 0 aromatic heterocycles. The third kappa shape index (κ3) is 0.551. The van der Waals surface area contributed by atoms with Gasteiger partial charge in [-0.2, -0.15) is 0 Å². The number of rotatable bonds is 0. The predicted octanol–water partition coefficient (Wildman–Crippen LogP) is 2.03. The molecule has 2 aliphatic carbocycles. The Morgan fingerprint density at radius 1 is 1.42 bits per heavy atom. The highest BCUT2D eigenvalue weighted by Crippen LogP contribution is 2.62. The third-order valence-electron chi connectivity index (χ3n) is 4.32. The number of hydrogen-bond donors (Lipinski definition) is 1. The van der Waals surface area contributed by atoms with Crippen LogP contribution in [-0.2, 0) is 4.79 Å². The average Bonchev–Trinajstić information content (AvgIpc) is 2.26. The maximum absolute atomic E-state index is 11.7. The van der Waals surface area contributed by atoms with Crippen LogP contribution in [0.5, 0.6) is 0 Å². The van der Waals surface area contributed by atoms with E-state index in [1.165, 1.54) is 0 Å². The second-order valence-corrected chi connectivity index (χ2v) is 4.89. The van der Waals surface area contributed by atoms with Gasteiger partial charge < -0.3 is 5.41 Å². The van der Waals surface area contributed by atoms with E-state index in [9.17, 15) is 4.79 Å². The number of ketones is 1. The maximum Gasteiger partial charge on any atom is 0.183 e. The molecule has 2 saturated carbocycles. The highest BCUT2D eigenvalue weighted by Gasteiger charge is 2.64. The lowest BCUT2D eigenvalue weighted by Gasteiger charge is -2.31. The van der Waals surface area contributed by atoms with Crippen LogP contribution in [-0.4, -0.2) is 11.5 Å². The molecule has 1 N–H and O–H groups in total. The van der Waals surface area contributed by atoms with Gasteiger partial charge in [-0.15, -0.1) is 0 Å². The summed E-state index contributed by atoms with van der Waals surface area (Å²) in [5.74, 6) is 0.332. The quantitative estimate of drug-likeness (QED) is 0.586. The minimum absolute atomic E-state index is 0.0289. The van der Waals surface area contributed by atoms with Crippen LogP contribution in [0.3, 0.4) is 0 Å². The van der Waals surface area contributed by atoms with Gasteiger partial charge in [0.2, 0.25) is 0 Å². The number of hydrogen-bond acceptors (Lipinski definition) is 2. The molecule has 0 amide bonds. The molecule has 0 unspecified atom stereocenters. The lowest BCUT2D eigenvalue weighted by molar-refractivity contribution is -0.123. The first-order valence-electron chi connectivity index (χ1n) is 4.54. The van der Waals surface area contributed by atoms with Crippen molar-refractivity contribution in [1.82, 2.24) is 0 Å². The van der Waals surface area contributed by atoms with E-state index < -0.39 is 0 Å². The third-order valence-corrected chi connectivity index (χ3v) is 4.32. The van der Waals surface area contributed by atoms with E-state index in [-0.39, 0.29) is 22.5 Å². The maximum atomic E-state index is 11.7. The van der Waals surface area contributed by atoms with Gasteiger partial charge in [0.1, 0.15) is 0 Å². The van der Waals surface area contributed by atoms with Gasteiger partial charge in [0, 0.05) is 11.3 Å². The zero-order valence-corrected chi connectivity index (χ0v) is 7.90. The van der Waals surface area contributed by atoms with Crippen molar-refractivity contribution < 1.29 is 4.79 Å². The molecule has 0 radical (unpaired) electrons. The minimum atomic E-state index is -0.227. The number of fused-ring (bicyclic) bond motifs is 2. The highest BCUT2D eigenvalue weighted by atomic mass is 16.1. The van der Waals surface area contributed by atoms with Gasteiger partial charge >= 0.3 is 0 Å². The van der Waals surface area contributed by atoms with Gasteiger partial charge in [0.05, 0.1) is 5.71 Å². The van der Waals surface area contributed by atoms with E-state index in [1.54, 1.807) is 0 Å². The number of carbonyl (C=O) groups excluding carboxylic acids is 1. The van der Waals surface area contributed by atoms with E-state index in [2.05, 4.69) is 13.8 Å². The molecule has 2 nitrogen and oxygen atoms in total. The molecule has 2 atom stereocenters. The van der Waals surface area contributed by atoms with Crippen molar-refractivity contribution in [2.45, 2.75) is 33.6 Å². The van der Waals surface area contributed by atoms with Gasteiger partial charge in [-0.25, -0.2) is 0 Å². The summed E-state index contributed by atoms with van der Waals surface area (Å²) in [6.45, 7) is 6.28. The molecule has 2 bridgehead atoms. The summed E-state index contributed by atoms with van der Waals surface area (Å²) in [5.41, 5.74) is 0.185. The predicted molar refractivity (Wildman–Crippen MR) is 47.3 cm³/mol. The molecule has 2 rings (SSSR count). The van der Waals surface area contributed by atoms with Crippen LogP contribution < -0.4 is 0 Å². The Kier molecular flexibility index (Phi) is 1.20. The molecule has 0 heterocycles. The zero-order chi connectivity index (χ0) is 9.15. The molecular weight excluding hydrogens is 150 g/mol. The molecule has 66 valence electrons. The zero-order valence-electron chi connectivity index (χ0n) is 7.90. The summed E-state index contributed by atoms with van der Waals surface area (Å²) < 4.78 is 0. The summed E-state index contributed by atoms with van der Waals surface area (Å²) in [5, 5.41) is 7.67. The van der Waals surface area contributed by atoms with Crippen molar-refractivity contribution in [1.29, 1.82) is 5.41 Å². The Bertz CT molecular complexity index is 280. The molecule has 2 aliphatic rings. The Labute approximate surface area is 72.9 Å². The molecule has 2 fully saturated rings. The summed E-state index contributed by atoms with van der Waals surface area (Å²) in [7, 11) is 0. The second-order valence-electron chi connectivity index (χ2n) is 4.89. The topological polar surface area (TPSA) is 40.9 Å². The van der Waals surface area contributed by atoms with Gasteiger partial charge in [-0.1, -0.05) is 20.8 Å². The summed E-state index contributed by atoms with van der Waals surface area (Å²) in [6.07, 6.45) is 2.01. The largest absolute Gasteiger partial charge is 0.301 e. The van der Waals surface area contributed by atoms with Crippen LogP contribution in [0.15, 0.2) is 0 Å². The fraction of sp³-hybridized carbons (Fsp3) is 0.800. The number of nitrogens with one attached hydrogen (secondary N) is 1. The fourth-order valence-electron chi connectivity index (χ4n) is 2.87. The van der Waals surface area contributed by atoms with E-state index in [0.717, 1.165) is 12.8 Å². The van der Waals surface area contributed by atoms with Crippen LogP contribution in [0.2, 0.25) is 0 Å². The van der Waals surface area contributed by atoms with E-state index in [1.807, 2.05) is 6.92 Å². The van der Waals surface area contributed by atoms with Gasteiger partial charge in [-0.3, -0.25) is 4.79 Å². The summed E-state index contributed by atoms with van der Waals surface area (Å²) >= 11 is 0. The molecule has 0 aromatic rings. The lowest BCUT2D eigenvalue weighted by Crippen LogP contribution is -2.33. The van der Waals surface area contributed by atoms with Gasteiger partial charge in [-0.05, 0) is 18.3 Å². The van der Waals surface area contributed by atoms with Crippen molar-refractivity contribution in [3.05, 3.63) is 0 Å². The Morgan fingerprint density at radius 2 is 2.00 bits per heavy atom. The van der Waals surface area contributed by atoms with Gasteiger partial charge in [0.25, 0.3) is 0 Å². The summed E-state index contributed by atoms with van der Waals surface area (Å²) in [6, 6.07) is 0. The van der Waals surface area contributed by atoms with Crippen molar-refractivity contribution in [3.8, 4) is 0 Å². The van der Waals surface area contributed by atoms with Gasteiger partial charge in [0.15, 0.2) is 5.78 Å². The van der Waals surface area contributed by atoms with E-state index in [0.29, 0.717) is 5.71 Å². The number of Topliss-reactive ketones (excluding diaryl/α,β-unsaturated/α-hetero) is 1. The van der Waals surface area contributed by atoms with Crippen molar-refractivity contribution in [2.24, 2.45) is 16.7 Å². The highest BCUT2D eigenvalue weighted by molar-refractivity contribution is 6.44. The van der Waals surface area contributed by atoms with Crippen LogP contribution in [0.25, 0.3) is 0 Å². The second kappa shape index (κ2) is 1.81. The Hall–Kier alpha value is -0.660. The summed E-state index contributed by atoms with van der Waals surface area (Å²) in [4.78, 5) is 11.7. The van der Waals surface area contributed by atoms with Crippen LogP contribution in [0, 0.1) is 22.2 Å². The molecule has 0 saturated heterocycles. The first-order chi connectivity index (χ1) is 5.41. The molecule has 2 heteroatoms. The van der Waals surface area contributed by atoms with E-state index in [4.69, 9.17) is 5.41 Å². The fourth-order valence-corrected chi connectivity index (χ4v) is 2.87. The Balaban J connectivity index is 2.58. The lowest BCUT2D eigenvalue weighted by atomic mass is 9.70. The molecule has 12 heavy (non-hydrogen) atoms. The van der Waals surface area contributed by atoms with Crippen molar-refractivity contribution in [2.75, 3.05) is 0 Å².